The lowest BCUT2D eigenvalue weighted by Crippen LogP contribution is -1.83. The molecule has 2 rings (SSSR count). The molecule has 1 aromatic carbocycles. The van der Waals surface area contributed by atoms with Crippen molar-refractivity contribution >= 4 is 17.2 Å². The molecule has 0 amide bonds. The number of hydrogen-bond donors (Lipinski definition) is 1. The SMILES string of the molecule is CCCCc1ccc2[nH]c(C=O)cc2c1. The lowest BCUT2D eigenvalue weighted by molar-refractivity contribution is 0.112. The molecule has 15 heavy (non-hydrogen) atoms. The van der Waals surface area contributed by atoms with Crippen molar-refractivity contribution in [3.05, 3.63) is 35.5 Å². The summed E-state index contributed by atoms with van der Waals surface area (Å²) in [5, 5.41) is 1.13. The van der Waals surface area contributed by atoms with Gasteiger partial charge in [-0.1, -0.05) is 19.4 Å². The zero-order valence-electron chi connectivity index (χ0n) is 8.92. The maximum Gasteiger partial charge on any atom is 0.166 e. The summed E-state index contributed by atoms with van der Waals surface area (Å²) in [5.41, 5.74) is 3.04. The minimum absolute atomic E-state index is 0.651. The van der Waals surface area contributed by atoms with Crippen LogP contribution in [0, 0.1) is 0 Å². The van der Waals surface area contributed by atoms with Crippen molar-refractivity contribution in [2.75, 3.05) is 0 Å². The van der Waals surface area contributed by atoms with Crippen LogP contribution in [0.4, 0.5) is 0 Å². The van der Waals surface area contributed by atoms with Crippen molar-refractivity contribution < 1.29 is 4.79 Å². The number of aryl methyl sites for hydroxylation is 1. The third-order valence-corrected chi connectivity index (χ3v) is 2.65. The first kappa shape index (κ1) is 9.97. The van der Waals surface area contributed by atoms with E-state index in [0.717, 1.165) is 23.6 Å². The van der Waals surface area contributed by atoms with Crippen molar-refractivity contribution in [3.8, 4) is 0 Å². The first-order valence-corrected chi connectivity index (χ1v) is 5.40. The normalized spacial score (nSPS) is 10.7. The van der Waals surface area contributed by atoms with Gasteiger partial charge in [-0.05, 0) is 36.6 Å². The van der Waals surface area contributed by atoms with Gasteiger partial charge in [-0.15, -0.1) is 0 Å². The lowest BCUT2D eigenvalue weighted by Gasteiger charge is -1.99. The highest BCUT2D eigenvalue weighted by Gasteiger charge is 2.00. The maximum atomic E-state index is 10.6. The highest BCUT2D eigenvalue weighted by Crippen LogP contribution is 2.17. The smallest absolute Gasteiger partial charge is 0.166 e. The largest absolute Gasteiger partial charge is 0.352 e. The number of unbranched alkanes of at least 4 members (excludes halogenated alkanes) is 1. The summed E-state index contributed by atoms with van der Waals surface area (Å²) in [6, 6.07) is 8.24. The van der Waals surface area contributed by atoms with Gasteiger partial charge < -0.3 is 4.98 Å². The van der Waals surface area contributed by atoms with E-state index in [-0.39, 0.29) is 0 Å². The number of aromatic amines is 1. The van der Waals surface area contributed by atoms with E-state index in [2.05, 4.69) is 24.0 Å². The van der Waals surface area contributed by atoms with E-state index in [1.165, 1.54) is 18.4 Å². The van der Waals surface area contributed by atoms with E-state index in [9.17, 15) is 4.79 Å². The van der Waals surface area contributed by atoms with Crippen LogP contribution in [0.2, 0.25) is 0 Å². The molecule has 0 unspecified atom stereocenters. The highest BCUT2D eigenvalue weighted by atomic mass is 16.1. The summed E-state index contributed by atoms with van der Waals surface area (Å²) < 4.78 is 0. The Kier molecular flexibility index (Phi) is 2.86. The van der Waals surface area contributed by atoms with E-state index in [0.29, 0.717) is 5.69 Å². The zero-order valence-corrected chi connectivity index (χ0v) is 8.92. The molecule has 0 fully saturated rings. The molecular weight excluding hydrogens is 186 g/mol. The Labute approximate surface area is 89.3 Å². The van der Waals surface area contributed by atoms with Gasteiger partial charge in [-0.3, -0.25) is 4.79 Å². The van der Waals surface area contributed by atoms with Crippen molar-refractivity contribution in [3.63, 3.8) is 0 Å². The number of carbonyl (C=O) groups excluding carboxylic acids is 1. The molecule has 0 radical (unpaired) electrons. The van der Waals surface area contributed by atoms with E-state index in [1.807, 2.05) is 12.1 Å². The first-order chi connectivity index (χ1) is 7.33. The molecule has 0 saturated heterocycles. The Hall–Kier alpha value is -1.57. The van der Waals surface area contributed by atoms with Gasteiger partial charge in [0.25, 0.3) is 0 Å². The number of rotatable bonds is 4. The van der Waals surface area contributed by atoms with Crippen LogP contribution >= 0.6 is 0 Å². The number of fused-ring (bicyclic) bond motifs is 1. The molecule has 2 heteroatoms. The van der Waals surface area contributed by atoms with Crippen molar-refractivity contribution in [2.45, 2.75) is 26.2 Å². The van der Waals surface area contributed by atoms with Gasteiger partial charge in [0, 0.05) is 10.9 Å². The highest BCUT2D eigenvalue weighted by molar-refractivity contribution is 5.88. The fraction of sp³-hybridized carbons (Fsp3) is 0.308. The van der Waals surface area contributed by atoms with Gasteiger partial charge >= 0.3 is 0 Å². The Morgan fingerprint density at radius 1 is 1.33 bits per heavy atom. The molecule has 1 heterocycles. The fourth-order valence-electron chi connectivity index (χ4n) is 1.80. The minimum Gasteiger partial charge on any atom is -0.352 e. The van der Waals surface area contributed by atoms with Gasteiger partial charge in [0.05, 0.1) is 5.69 Å². The molecule has 0 saturated carbocycles. The standard InChI is InChI=1S/C13H15NO/c1-2-3-4-10-5-6-13-11(7-10)8-12(9-15)14-13/h5-9,14H,2-4H2,1H3. The van der Waals surface area contributed by atoms with Gasteiger partial charge in [-0.2, -0.15) is 0 Å². The molecule has 2 nitrogen and oxygen atoms in total. The molecule has 0 bridgehead atoms. The van der Waals surface area contributed by atoms with E-state index < -0.39 is 0 Å². The molecule has 0 atom stereocenters. The summed E-state index contributed by atoms with van der Waals surface area (Å²) in [6.45, 7) is 2.19. The first-order valence-electron chi connectivity index (χ1n) is 5.40. The van der Waals surface area contributed by atoms with Crippen LogP contribution < -0.4 is 0 Å². The summed E-state index contributed by atoms with van der Waals surface area (Å²) >= 11 is 0. The van der Waals surface area contributed by atoms with Crippen LogP contribution in [0.5, 0.6) is 0 Å². The minimum atomic E-state index is 0.651. The summed E-state index contributed by atoms with van der Waals surface area (Å²) in [7, 11) is 0. The van der Waals surface area contributed by atoms with Crippen LogP contribution in [-0.2, 0) is 6.42 Å². The number of H-pyrrole nitrogens is 1. The summed E-state index contributed by atoms with van der Waals surface area (Å²) in [4.78, 5) is 13.7. The average Bonchev–Trinajstić information content (AvgIpc) is 2.68. The predicted molar refractivity (Wildman–Crippen MR) is 62.3 cm³/mol. The molecular formula is C13H15NO. The molecule has 78 valence electrons. The van der Waals surface area contributed by atoms with Crippen molar-refractivity contribution in [1.29, 1.82) is 0 Å². The quantitative estimate of drug-likeness (QED) is 0.756. The van der Waals surface area contributed by atoms with Crippen LogP contribution in [0.3, 0.4) is 0 Å². The van der Waals surface area contributed by atoms with Crippen LogP contribution in [0.25, 0.3) is 10.9 Å². The Balaban J connectivity index is 2.33. The maximum absolute atomic E-state index is 10.6. The Morgan fingerprint density at radius 3 is 2.93 bits per heavy atom. The third-order valence-electron chi connectivity index (χ3n) is 2.65. The Morgan fingerprint density at radius 2 is 2.20 bits per heavy atom. The lowest BCUT2D eigenvalue weighted by atomic mass is 10.1. The average molecular weight is 201 g/mol. The fourth-order valence-corrected chi connectivity index (χ4v) is 1.80. The number of nitrogens with one attached hydrogen (secondary N) is 1. The van der Waals surface area contributed by atoms with Crippen LogP contribution in [0.15, 0.2) is 24.3 Å². The number of aromatic nitrogens is 1. The molecule has 1 N–H and O–H groups in total. The van der Waals surface area contributed by atoms with E-state index >= 15 is 0 Å². The monoisotopic (exact) mass is 201 g/mol. The second-order valence-electron chi connectivity index (χ2n) is 3.87. The number of carbonyl (C=O) groups is 1. The Bertz CT molecular complexity index is 470. The van der Waals surface area contributed by atoms with Crippen LogP contribution in [-0.4, -0.2) is 11.3 Å². The van der Waals surface area contributed by atoms with Crippen LogP contribution in [0.1, 0.15) is 35.8 Å². The topological polar surface area (TPSA) is 32.9 Å². The molecule has 0 aliphatic heterocycles. The van der Waals surface area contributed by atoms with E-state index in [1.54, 1.807) is 0 Å². The predicted octanol–water partition coefficient (Wildman–Crippen LogP) is 3.32. The number of benzene rings is 1. The van der Waals surface area contributed by atoms with Gasteiger partial charge in [0.15, 0.2) is 6.29 Å². The molecule has 0 aliphatic rings. The molecule has 0 spiro atoms. The molecule has 0 aliphatic carbocycles. The van der Waals surface area contributed by atoms with Crippen molar-refractivity contribution in [2.24, 2.45) is 0 Å². The van der Waals surface area contributed by atoms with Gasteiger partial charge in [-0.25, -0.2) is 0 Å². The summed E-state index contributed by atoms with van der Waals surface area (Å²) in [6.07, 6.45) is 4.40. The molecule has 1 aromatic heterocycles. The summed E-state index contributed by atoms with van der Waals surface area (Å²) in [5.74, 6) is 0. The van der Waals surface area contributed by atoms with Crippen molar-refractivity contribution in [1.82, 2.24) is 4.98 Å². The molecule has 2 aromatic rings. The van der Waals surface area contributed by atoms with E-state index in [4.69, 9.17) is 0 Å². The number of hydrogen-bond acceptors (Lipinski definition) is 1. The number of aldehydes is 1. The second-order valence-corrected chi connectivity index (χ2v) is 3.87. The third kappa shape index (κ3) is 2.09. The zero-order chi connectivity index (χ0) is 10.7. The second kappa shape index (κ2) is 4.30. The van der Waals surface area contributed by atoms with Gasteiger partial charge in [0.2, 0.25) is 0 Å². The van der Waals surface area contributed by atoms with Gasteiger partial charge in [0.1, 0.15) is 0 Å².